The summed E-state index contributed by atoms with van der Waals surface area (Å²) >= 11 is 0. The first-order chi connectivity index (χ1) is 14.7. The lowest BCUT2D eigenvalue weighted by Gasteiger charge is -2.32. The van der Waals surface area contributed by atoms with Crippen molar-refractivity contribution in [1.82, 2.24) is 9.80 Å². The molecule has 0 unspecified atom stereocenters. The number of benzene rings is 2. The van der Waals surface area contributed by atoms with Gasteiger partial charge in [-0.25, -0.2) is 0 Å². The molecule has 1 amide bonds. The quantitative estimate of drug-likeness (QED) is 0.471. The second kappa shape index (κ2) is 11.2. The van der Waals surface area contributed by atoms with Crippen LogP contribution in [0.4, 0.5) is 13.2 Å². The number of hydrogen-bond donors (Lipinski definition) is 0. The molecule has 1 aliphatic heterocycles. The summed E-state index contributed by atoms with van der Waals surface area (Å²) in [4.78, 5) is 28.4. The van der Waals surface area contributed by atoms with E-state index in [4.69, 9.17) is 4.74 Å². The molecule has 0 saturated carbocycles. The maximum Gasteiger partial charge on any atom is 0.416 e. The van der Waals surface area contributed by atoms with E-state index in [1.165, 1.54) is 30.3 Å². The van der Waals surface area contributed by atoms with E-state index in [0.717, 1.165) is 31.3 Å². The average Bonchev–Trinajstić information content (AvgIpc) is 2.76. The lowest BCUT2D eigenvalue weighted by atomic mass is 10.0. The minimum atomic E-state index is -4.50. The number of hydrogen-bond acceptors (Lipinski definition) is 4. The van der Waals surface area contributed by atoms with Crippen molar-refractivity contribution >= 4 is 30.2 Å². The molecular formula is C23H24ClF3N2O3. The normalized spacial score (nSPS) is 14.8. The van der Waals surface area contributed by atoms with Crippen molar-refractivity contribution in [2.45, 2.75) is 6.18 Å². The molecule has 0 atom stereocenters. The molecule has 2 aromatic carbocycles. The molecular weight excluding hydrogens is 445 g/mol. The minimum Gasteiger partial charge on any atom is -0.484 e. The van der Waals surface area contributed by atoms with Gasteiger partial charge in [-0.05, 0) is 49.0 Å². The largest absolute Gasteiger partial charge is 0.484 e. The Morgan fingerprint density at radius 3 is 2.25 bits per heavy atom. The Balaban J connectivity index is 0.00000363. The minimum absolute atomic E-state index is 0. The molecule has 2 aromatic rings. The summed E-state index contributed by atoms with van der Waals surface area (Å²) < 4.78 is 44.6. The van der Waals surface area contributed by atoms with Gasteiger partial charge in [0.25, 0.3) is 5.91 Å². The topological polar surface area (TPSA) is 49.9 Å². The Hall–Kier alpha value is -2.84. The number of carbonyl (C=O) groups is 2. The summed E-state index contributed by atoms with van der Waals surface area (Å²) in [6.45, 7) is 2.88. The number of halogens is 4. The highest BCUT2D eigenvalue weighted by molar-refractivity contribution is 6.06. The van der Waals surface area contributed by atoms with Crippen LogP contribution in [0.15, 0.2) is 54.6 Å². The van der Waals surface area contributed by atoms with Crippen molar-refractivity contribution in [3.63, 3.8) is 0 Å². The molecule has 5 nitrogen and oxygen atoms in total. The Kier molecular flexibility index (Phi) is 8.86. The third kappa shape index (κ3) is 6.83. The van der Waals surface area contributed by atoms with Gasteiger partial charge in [0.2, 0.25) is 0 Å². The van der Waals surface area contributed by atoms with Crippen LogP contribution in [0, 0.1) is 0 Å². The van der Waals surface area contributed by atoms with Gasteiger partial charge in [-0.15, -0.1) is 12.4 Å². The van der Waals surface area contributed by atoms with Crippen molar-refractivity contribution < 1.29 is 27.5 Å². The van der Waals surface area contributed by atoms with Gasteiger partial charge in [0.1, 0.15) is 5.75 Å². The van der Waals surface area contributed by atoms with Gasteiger partial charge >= 0.3 is 6.18 Å². The van der Waals surface area contributed by atoms with Crippen LogP contribution in [0.3, 0.4) is 0 Å². The molecule has 1 aliphatic rings. The van der Waals surface area contributed by atoms with E-state index in [1.807, 2.05) is 7.05 Å². The summed E-state index contributed by atoms with van der Waals surface area (Å²) in [5.74, 6) is -0.0954. The summed E-state index contributed by atoms with van der Waals surface area (Å²) in [5, 5.41) is 0. The zero-order chi connectivity index (χ0) is 22.4. The third-order valence-corrected chi connectivity index (χ3v) is 5.04. The van der Waals surface area contributed by atoms with E-state index < -0.39 is 17.5 Å². The monoisotopic (exact) mass is 468 g/mol. The molecule has 1 heterocycles. The lowest BCUT2D eigenvalue weighted by molar-refractivity contribution is -0.137. The number of ether oxygens (including phenoxy) is 1. The highest BCUT2D eigenvalue weighted by atomic mass is 35.5. The van der Waals surface area contributed by atoms with E-state index >= 15 is 0 Å². The zero-order valence-electron chi connectivity index (χ0n) is 17.5. The Morgan fingerprint density at radius 2 is 1.62 bits per heavy atom. The number of amides is 1. The molecule has 0 bridgehead atoms. The fraction of sp³-hybridized carbons (Fsp3) is 0.304. The average molecular weight is 469 g/mol. The molecule has 172 valence electrons. The molecule has 0 aromatic heterocycles. The fourth-order valence-corrected chi connectivity index (χ4v) is 3.17. The van der Waals surface area contributed by atoms with Gasteiger partial charge in [-0.1, -0.05) is 24.3 Å². The number of likely N-dealkylation sites (N-methyl/N-ethyl adjacent to an activating group) is 1. The van der Waals surface area contributed by atoms with Crippen molar-refractivity contribution in [3.05, 3.63) is 71.3 Å². The summed E-state index contributed by atoms with van der Waals surface area (Å²) in [5.41, 5.74) is -0.572. The maximum absolute atomic E-state index is 13.0. The number of allylic oxidation sites excluding steroid dienone is 1. The third-order valence-electron chi connectivity index (χ3n) is 5.04. The smallest absolute Gasteiger partial charge is 0.416 e. The second-order valence-electron chi connectivity index (χ2n) is 7.28. The van der Waals surface area contributed by atoms with Crippen LogP contribution in [-0.2, 0) is 11.0 Å². The van der Waals surface area contributed by atoms with Crippen LogP contribution in [0.2, 0.25) is 0 Å². The van der Waals surface area contributed by atoms with Crippen molar-refractivity contribution in [1.29, 1.82) is 0 Å². The Labute approximate surface area is 190 Å². The van der Waals surface area contributed by atoms with Crippen LogP contribution in [0.5, 0.6) is 5.75 Å². The SMILES string of the molecule is CN1CCN(C(=O)COc2ccc(C(=O)C=Cc3ccccc3C(F)(F)F)cc2)CC1.Cl. The molecule has 3 rings (SSSR count). The molecule has 0 spiro atoms. The molecule has 1 fully saturated rings. The molecule has 0 N–H and O–H groups in total. The van der Waals surface area contributed by atoms with Crippen LogP contribution in [0.25, 0.3) is 6.08 Å². The molecule has 1 saturated heterocycles. The standard InChI is InChI=1S/C23H23F3N2O3.ClH/c1-27-12-14-28(15-13-27)22(30)16-31-19-9-6-18(7-10-19)21(29)11-8-17-4-2-3-5-20(17)23(24,25)26;/h2-11H,12-16H2,1H3;1H. The van der Waals surface area contributed by atoms with Gasteiger partial charge in [0.15, 0.2) is 12.4 Å². The first kappa shape index (κ1) is 25.4. The highest BCUT2D eigenvalue weighted by Crippen LogP contribution is 2.32. The maximum atomic E-state index is 13.0. The Morgan fingerprint density at radius 1 is 1.00 bits per heavy atom. The Bertz CT molecular complexity index is 954. The van der Waals surface area contributed by atoms with Gasteiger partial charge in [-0.3, -0.25) is 9.59 Å². The summed E-state index contributed by atoms with van der Waals surface area (Å²) in [6, 6.07) is 11.2. The second-order valence-corrected chi connectivity index (χ2v) is 7.28. The number of carbonyl (C=O) groups excluding carboxylic acids is 2. The van der Waals surface area contributed by atoms with E-state index in [1.54, 1.807) is 17.0 Å². The van der Waals surface area contributed by atoms with Gasteiger partial charge in [-0.2, -0.15) is 13.2 Å². The van der Waals surface area contributed by atoms with Crippen molar-refractivity contribution in [2.24, 2.45) is 0 Å². The highest BCUT2D eigenvalue weighted by Gasteiger charge is 2.32. The predicted octanol–water partition coefficient (Wildman–Crippen LogP) is 4.18. The van der Waals surface area contributed by atoms with Crippen LogP contribution in [0.1, 0.15) is 21.5 Å². The summed E-state index contributed by atoms with van der Waals surface area (Å²) in [6.07, 6.45) is -2.23. The molecule has 0 aliphatic carbocycles. The van der Waals surface area contributed by atoms with Crippen molar-refractivity contribution in [2.75, 3.05) is 39.8 Å². The predicted molar refractivity (Wildman–Crippen MR) is 118 cm³/mol. The zero-order valence-corrected chi connectivity index (χ0v) is 18.3. The fourth-order valence-electron chi connectivity index (χ4n) is 3.17. The number of piperazine rings is 1. The van der Waals surface area contributed by atoms with E-state index in [-0.39, 0.29) is 30.5 Å². The number of nitrogens with zero attached hydrogens (tertiary/aromatic N) is 2. The van der Waals surface area contributed by atoms with Gasteiger partial charge in [0.05, 0.1) is 5.56 Å². The lowest BCUT2D eigenvalue weighted by Crippen LogP contribution is -2.48. The molecule has 0 radical (unpaired) electrons. The van der Waals surface area contributed by atoms with Crippen molar-refractivity contribution in [3.8, 4) is 5.75 Å². The van der Waals surface area contributed by atoms with Crippen LogP contribution in [-0.4, -0.2) is 61.3 Å². The van der Waals surface area contributed by atoms with Gasteiger partial charge in [0, 0.05) is 31.7 Å². The first-order valence-electron chi connectivity index (χ1n) is 9.82. The van der Waals surface area contributed by atoms with Crippen LogP contribution < -0.4 is 4.74 Å². The number of rotatable bonds is 6. The van der Waals surface area contributed by atoms with Gasteiger partial charge < -0.3 is 14.5 Å². The van der Waals surface area contributed by atoms with E-state index in [0.29, 0.717) is 24.4 Å². The molecule has 32 heavy (non-hydrogen) atoms. The number of alkyl halides is 3. The number of ketones is 1. The molecule has 9 heteroatoms. The first-order valence-corrected chi connectivity index (χ1v) is 9.82. The van der Waals surface area contributed by atoms with Crippen LogP contribution >= 0.6 is 12.4 Å². The van der Waals surface area contributed by atoms with E-state index in [9.17, 15) is 22.8 Å². The van der Waals surface area contributed by atoms with E-state index in [2.05, 4.69) is 4.90 Å². The summed E-state index contributed by atoms with van der Waals surface area (Å²) in [7, 11) is 2.01.